The van der Waals surface area contributed by atoms with Crippen LogP contribution in [0.3, 0.4) is 0 Å². The number of nitrogens with one attached hydrogen (secondary N) is 1. The summed E-state index contributed by atoms with van der Waals surface area (Å²) in [5.41, 5.74) is 0.815. The van der Waals surface area contributed by atoms with Gasteiger partial charge >= 0.3 is 0 Å². The first-order valence-corrected chi connectivity index (χ1v) is 3.52. The molecule has 0 saturated carbocycles. The van der Waals surface area contributed by atoms with E-state index in [9.17, 15) is 4.79 Å². The molecule has 0 saturated heterocycles. The summed E-state index contributed by atoms with van der Waals surface area (Å²) in [6.45, 7) is 9.98. The lowest BCUT2D eigenvalue weighted by Crippen LogP contribution is -2.21. The van der Waals surface area contributed by atoms with Crippen LogP contribution in [0.15, 0.2) is 12.3 Å². The van der Waals surface area contributed by atoms with Gasteiger partial charge in [0, 0.05) is 12.2 Å². The van der Waals surface area contributed by atoms with E-state index in [1.165, 1.54) is 0 Å². The van der Waals surface area contributed by atoms with Crippen molar-refractivity contribution in [3.05, 3.63) is 12.3 Å². The molecule has 0 aliphatic heterocycles. The van der Waals surface area contributed by atoms with E-state index in [-0.39, 0.29) is 11.7 Å². The predicted molar refractivity (Wildman–Crippen MR) is 42.7 cm³/mol. The number of Topliss-reactive ketones (excluding diaryl/α,β-unsaturated/α-hetero) is 1. The van der Waals surface area contributed by atoms with E-state index in [0.717, 1.165) is 12.2 Å². The second-order valence-corrected chi connectivity index (χ2v) is 2.39. The van der Waals surface area contributed by atoms with E-state index in [1.807, 2.05) is 13.8 Å². The normalized spacial score (nSPS) is 12.3. The van der Waals surface area contributed by atoms with E-state index in [2.05, 4.69) is 11.9 Å². The minimum Gasteiger partial charge on any atom is -0.389 e. The summed E-state index contributed by atoms with van der Waals surface area (Å²) in [6, 6.07) is 0. The lowest BCUT2D eigenvalue weighted by Gasteiger charge is -2.11. The average molecular weight is 141 g/mol. The molecule has 1 N–H and O–H groups in total. The molecule has 0 aromatic heterocycles. The van der Waals surface area contributed by atoms with Crippen LogP contribution < -0.4 is 5.32 Å². The second-order valence-electron chi connectivity index (χ2n) is 2.39. The Morgan fingerprint density at radius 1 is 1.70 bits per heavy atom. The highest BCUT2D eigenvalue weighted by Crippen LogP contribution is 2.04. The molecule has 0 amide bonds. The van der Waals surface area contributed by atoms with Crippen molar-refractivity contribution in [2.45, 2.75) is 20.8 Å². The molecule has 2 nitrogen and oxygen atoms in total. The van der Waals surface area contributed by atoms with Crippen LogP contribution in [0.2, 0.25) is 0 Å². The topological polar surface area (TPSA) is 29.1 Å². The number of hydrogen-bond acceptors (Lipinski definition) is 2. The van der Waals surface area contributed by atoms with Gasteiger partial charge in [0.15, 0.2) is 0 Å². The summed E-state index contributed by atoms with van der Waals surface area (Å²) < 4.78 is 0. The molecule has 0 fully saturated rings. The van der Waals surface area contributed by atoms with Gasteiger partial charge in [0.05, 0.1) is 5.92 Å². The highest BCUT2D eigenvalue weighted by molar-refractivity contribution is 5.80. The predicted octanol–water partition coefficient (Wildman–Crippen LogP) is 1.33. The largest absolute Gasteiger partial charge is 0.389 e. The zero-order valence-electron chi connectivity index (χ0n) is 6.90. The summed E-state index contributed by atoms with van der Waals surface area (Å²) in [4.78, 5) is 10.8. The van der Waals surface area contributed by atoms with Gasteiger partial charge < -0.3 is 5.32 Å². The summed E-state index contributed by atoms with van der Waals surface area (Å²) in [7, 11) is 0. The zero-order chi connectivity index (χ0) is 8.15. The minimum absolute atomic E-state index is 0.0556. The zero-order valence-corrected chi connectivity index (χ0v) is 6.90. The third-order valence-corrected chi connectivity index (χ3v) is 1.54. The van der Waals surface area contributed by atoms with Crippen LogP contribution in [0.1, 0.15) is 20.8 Å². The molecule has 0 rings (SSSR count). The molecule has 0 bridgehead atoms. The number of carbonyl (C=O) groups is 1. The molecule has 1 unspecified atom stereocenters. The first-order chi connectivity index (χ1) is 4.59. The number of rotatable bonds is 4. The maximum Gasteiger partial charge on any atom is 0.138 e. The SMILES string of the molecule is C=C(NCC)C(C)C(C)=O. The average Bonchev–Trinajstić information content (AvgIpc) is 1.87. The molecular weight excluding hydrogens is 126 g/mol. The second kappa shape index (κ2) is 4.09. The molecule has 0 aliphatic carbocycles. The molecule has 2 heteroatoms. The van der Waals surface area contributed by atoms with E-state index >= 15 is 0 Å². The van der Waals surface area contributed by atoms with Gasteiger partial charge in [-0.3, -0.25) is 4.79 Å². The molecule has 0 aromatic carbocycles. The van der Waals surface area contributed by atoms with Crippen LogP contribution in [0.4, 0.5) is 0 Å². The smallest absolute Gasteiger partial charge is 0.138 e. The monoisotopic (exact) mass is 141 g/mol. The van der Waals surface area contributed by atoms with E-state index in [0.29, 0.717) is 0 Å². The fourth-order valence-electron chi connectivity index (χ4n) is 0.626. The fraction of sp³-hybridized carbons (Fsp3) is 0.625. The van der Waals surface area contributed by atoms with Crippen LogP contribution >= 0.6 is 0 Å². The van der Waals surface area contributed by atoms with Crippen molar-refractivity contribution < 1.29 is 4.79 Å². The van der Waals surface area contributed by atoms with Crippen LogP contribution in [0.5, 0.6) is 0 Å². The van der Waals surface area contributed by atoms with Crippen molar-refractivity contribution in [3.63, 3.8) is 0 Å². The van der Waals surface area contributed by atoms with Gasteiger partial charge in [0.25, 0.3) is 0 Å². The van der Waals surface area contributed by atoms with Crippen molar-refractivity contribution >= 4 is 5.78 Å². The van der Waals surface area contributed by atoms with Crippen molar-refractivity contribution in [3.8, 4) is 0 Å². The van der Waals surface area contributed by atoms with Crippen LogP contribution in [0.25, 0.3) is 0 Å². The van der Waals surface area contributed by atoms with Gasteiger partial charge in [0.1, 0.15) is 5.78 Å². The number of hydrogen-bond donors (Lipinski definition) is 1. The van der Waals surface area contributed by atoms with Crippen molar-refractivity contribution in [2.75, 3.05) is 6.54 Å². The lowest BCUT2D eigenvalue weighted by atomic mass is 10.1. The maximum absolute atomic E-state index is 10.8. The van der Waals surface area contributed by atoms with Gasteiger partial charge in [-0.1, -0.05) is 6.58 Å². The number of allylic oxidation sites excluding steroid dienone is 1. The van der Waals surface area contributed by atoms with Gasteiger partial charge in [-0.15, -0.1) is 0 Å². The van der Waals surface area contributed by atoms with Gasteiger partial charge in [-0.25, -0.2) is 0 Å². The summed E-state index contributed by atoms with van der Waals surface area (Å²) in [5, 5.41) is 3.01. The molecule has 0 aliphatic rings. The first-order valence-electron chi connectivity index (χ1n) is 3.52. The molecule has 0 heterocycles. The maximum atomic E-state index is 10.8. The molecule has 0 aromatic rings. The summed E-state index contributed by atoms with van der Waals surface area (Å²) in [5.74, 6) is 0.103. The van der Waals surface area contributed by atoms with Crippen LogP contribution in [-0.2, 0) is 4.79 Å². The highest BCUT2D eigenvalue weighted by Gasteiger charge is 2.09. The highest BCUT2D eigenvalue weighted by atomic mass is 16.1. The Hall–Kier alpha value is -0.790. The van der Waals surface area contributed by atoms with Crippen LogP contribution in [0, 0.1) is 5.92 Å². The van der Waals surface area contributed by atoms with E-state index < -0.39 is 0 Å². The number of carbonyl (C=O) groups excluding carboxylic acids is 1. The van der Waals surface area contributed by atoms with Crippen molar-refractivity contribution in [1.29, 1.82) is 0 Å². The van der Waals surface area contributed by atoms with Gasteiger partial charge in [0.2, 0.25) is 0 Å². The third kappa shape index (κ3) is 2.67. The first kappa shape index (κ1) is 9.21. The standard InChI is InChI=1S/C8H15NO/c1-5-9-7(3)6(2)8(4)10/h6,9H,3,5H2,1-2,4H3. The quantitative estimate of drug-likeness (QED) is 0.640. The molecular formula is C8H15NO. The Labute approximate surface area is 62.3 Å². The molecule has 0 radical (unpaired) electrons. The van der Waals surface area contributed by atoms with Crippen molar-refractivity contribution in [2.24, 2.45) is 5.92 Å². The fourth-order valence-corrected chi connectivity index (χ4v) is 0.626. The molecule has 0 spiro atoms. The number of ketones is 1. The third-order valence-electron chi connectivity index (χ3n) is 1.54. The Kier molecular flexibility index (Phi) is 3.77. The Morgan fingerprint density at radius 3 is 2.50 bits per heavy atom. The molecule has 10 heavy (non-hydrogen) atoms. The van der Waals surface area contributed by atoms with Crippen LogP contribution in [-0.4, -0.2) is 12.3 Å². The summed E-state index contributed by atoms with van der Waals surface area (Å²) >= 11 is 0. The minimum atomic E-state index is -0.0556. The van der Waals surface area contributed by atoms with E-state index in [1.54, 1.807) is 6.92 Å². The molecule has 58 valence electrons. The lowest BCUT2D eigenvalue weighted by molar-refractivity contribution is -0.119. The van der Waals surface area contributed by atoms with E-state index in [4.69, 9.17) is 0 Å². The van der Waals surface area contributed by atoms with Crippen molar-refractivity contribution in [1.82, 2.24) is 5.32 Å². The Bertz CT molecular complexity index is 140. The Balaban J connectivity index is 3.82. The Morgan fingerprint density at radius 2 is 2.20 bits per heavy atom. The van der Waals surface area contributed by atoms with Gasteiger partial charge in [-0.2, -0.15) is 0 Å². The summed E-state index contributed by atoms with van der Waals surface area (Å²) in [6.07, 6.45) is 0. The molecule has 1 atom stereocenters. The van der Waals surface area contributed by atoms with Gasteiger partial charge in [-0.05, 0) is 20.8 Å².